The Hall–Kier alpha value is -1.63. The molecule has 0 bridgehead atoms. The summed E-state index contributed by atoms with van der Waals surface area (Å²) in [4.78, 5) is 19.7. The number of urea groups is 1. The van der Waals surface area contributed by atoms with E-state index in [0.29, 0.717) is 24.2 Å². The highest BCUT2D eigenvalue weighted by molar-refractivity contribution is 5.74. The number of amides is 2. The molecule has 0 saturated carbocycles. The zero-order chi connectivity index (χ0) is 14.3. The maximum atomic E-state index is 12.0. The van der Waals surface area contributed by atoms with Crippen molar-refractivity contribution in [2.45, 2.75) is 32.0 Å². The van der Waals surface area contributed by atoms with Crippen LogP contribution in [0.15, 0.2) is 4.52 Å². The highest BCUT2D eigenvalue weighted by atomic mass is 16.5. The van der Waals surface area contributed by atoms with E-state index in [0.717, 1.165) is 19.4 Å². The Balaban J connectivity index is 1.65. The van der Waals surface area contributed by atoms with E-state index in [2.05, 4.69) is 10.1 Å². The summed E-state index contributed by atoms with van der Waals surface area (Å²) in [6.07, 6.45) is 1.81. The quantitative estimate of drug-likeness (QED) is 0.773. The number of piperidine rings is 1. The van der Waals surface area contributed by atoms with Crippen LogP contribution in [0.5, 0.6) is 0 Å². The fraction of sp³-hybridized carbons (Fsp3) is 0.769. The average Bonchev–Trinajstić information content (AvgIpc) is 3.02. The number of hydrogen-bond donors (Lipinski definition) is 0. The van der Waals surface area contributed by atoms with Crippen molar-refractivity contribution in [2.24, 2.45) is 5.92 Å². The van der Waals surface area contributed by atoms with Crippen LogP contribution in [0.3, 0.4) is 0 Å². The Morgan fingerprint density at radius 2 is 2.25 bits per heavy atom. The summed E-state index contributed by atoms with van der Waals surface area (Å²) in [5.41, 5.74) is 0. The first-order valence-electron chi connectivity index (χ1n) is 6.96. The number of carbonyl (C=O) groups excluding carboxylic acids is 1. The number of fused-ring (bicyclic) bond motifs is 1. The molecule has 20 heavy (non-hydrogen) atoms. The lowest BCUT2D eigenvalue weighted by Crippen LogP contribution is -2.48. The van der Waals surface area contributed by atoms with Gasteiger partial charge in [-0.05, 0) is 25.7 Å². The minimum atomic E-state index is -0.124. The van der Waals surface area contributed by atoms with Gasteiger partial charge < -0.3 is 19.1 Å². The summed E-state index contributed by atoms with van der Waals surface area (Å²) in [5, 5.41) is 3.81. The van der Waals surface area contributed by atoms with Crippen LogP contribution < -0.4 is 0 Å². The number of aromatic nitrogens is 2. The second-order valence-corrected chi connectivity index (χ2v) is 5.75. The molecule has 2 aliphatic rings. The molecule has 0 aromatic carbocycles. The number of rotatable bonds is 1. The van der Waals surface area contributed by atoms with Gasteiger partial charge in [-0.3, -0.25) is 0 Å². The maximum Gasteiger partial charge on any atom is 0.319 e. The largest absolute Gasteiger partial charge is 0.363 e. The van der Waals surface area contributed by atoms with Crippen molar-refractivity contribution >= 4 is 6.03 Å². The predicted octanol–water partition coefficient (Wildman–Crippen LogP) is 1.21. The molecular weight excluding hydrogens is 260 g/mol. The van der Waals surface area contributed by atoms with Gasteiger partial charge in [0.05, 0.1) is 6.10 Å². The van der Waals surface area contributed by atoms with Crippen LogP contribution in [0.2, 0.25) is 0 Å². The fourth-order valence-electron chi connectivity index (χ4n) is 2.99. The summed E-state index contributed by atoms with van der Waals surface area (Å²) in [5.74, 6) is 1.66. The van der Waals surface area contributed by atoms with E-state index in [1.807, 2.05) is 4.90 Å². The normalized spacial score (nSPS) is 29.4. The van der Waals surface area contributed by atoms with Gasteiger partial charge in [0.15, 0.2) is 5.82 Å². The number of carbonyl (C=O) groups is 1. The van der Waals surface area contributed by atoms with E-state index >= 15 is 0 Å². The van der Waals surface area contributed by atoms with Crippen LogP contribution in [-0.4, -0.2) is 59.3 Å². The third-order valence-electron chi connectivity index (χ3n) is 4.02. The lowest BCUT2D eigenvalue weighted by molar-refractivity contribution is -0.0108. The van der Waals surface area contributed by atoms with Gasteiger partial charge in [0.2, 0.25) is 0 Å². The third kappa shape index (κ3) is 2.37. The van der Waals surface area contributed by atoms with Crippen LogP contribution in [0.25, 0.3) is 0 Å². The van der Waals surface area contributed by atoms with Crippen LogP contribution in [0, 0.1) is 12.8 Å². The molecule has 3 atom stereocenters. The second-order valence-electron chi connectivity index (χ2n) is 5.75. The minimum Gasteiger partial charge on any atom is -0.363 e. The molecule has 7 heteroatoms. The van der Waals surface area contributed by atoms with E-state index in [1.165, 1.54) is 0 Å². The van der Waals surface area contributed by atoms with Crippen LogP contribution >= 0.6 is 0 Å². The molecule has 0 radical (unpaired) electrons. The van der Waals surface area contributed by atoms with Crippen LogP contribution in [0.4, 0.5) is 4.79 Å². The number of likely N-dealkylation sites (tertiary alicyclic amines) is 1. The van der Waals surface area contributed by atoms with Gasteiger partial charge in [-0.1, -0.05) is 5.16 Å². The summed E-state index contributed by atoms with van der Waals surface area (Å²) >= 11 is 0. The molecule has 7 nitrogen and oxygen atoms in total. The van der Waals surface area contributed by atoms with Gasteiger partial charge in [0.1, 0.15) is 6.10 Å². The number of hydrogen-bond acceptors (Lipinski definition) is 5. The van der Waals surface area contributed by atoms with Crippen molar-refractivity contribution in [1.82, 2.24) is 19.9 Å². The van der Waals surface area contributed by atoms with E-state index < -0.39 is 0 Å². The van der Waals surface area contributed by atoms with Gasteiger partial charge in [-0.2, -0.15) is 4.98 Å². The molecule has 2 amide bonds. The molecule has 3 heterocycles. The molecule has 2 fully saturated rings. The Morgan fingerprint density at radius 3 is 2.90 bits per heavy atom. The highest BCUT2D eigenvalue weighted by Crippen LogP contribution is 2.40. The predicted molar refractivity (Wildman–Crippen MR) is 70.0 cm³/mol. The molecule has 1 aromatic heterocycles. The van der Waals surface area contributed by atoms with Crippen molar-refractivity contribution in [3.8, 4) is 0 Å². The third-order valence-corrected chi connectivity index (χ3v) is 4.02. The van der Waals surface area contributed by atoms with Gasteiger partial charge in [-0.25, -0.2) is 4.79 Å². The van der Waals surface area contributed by atoms with Crippen LogP contribution in [0.1, 0.15) is 30.7 Å². The number of nitrogens with zero attached hydrogens (tertiary/aromatic N) is 4. The summed E-state index contributed by atoms with van der Waals surface area (Å²) in [6.45, 7) is 3.23. The molecule has 1 aromatic rings. The smallest absolute Gasteiger partial charge is 0.319 e. The Bertz CT molecular complexity index is 502. The van der Waals surface area contributed by atoms with E-state index in [-0.39, 0.29) is 18.2 Å². The van der Waals surface area contributed by atoms with E-state index in [4.69, 9.17) is 9.26 Å². The molecule has 2 saturated heterocycles. The monoisotopic (exact) mass is 280 g/mol. The van der Waals surface area contributed by atoms with Gasteiger partial charge in [-0.15, -0.1) is 0 Å². The van der Waals surface area contributed by atoms with Gasteiger partial charge in [0, 0.05) is 27.2 Å². The SMILES string of the molecule is Cc1noc([C@H]2C[C@@H]3CCN(C(=O)N(C)C)C[C@H]3O2)n1. The minimum absolute atomic E-state index is 0.0455. The lowest BCUT2D eigenvalue weighted by atomic mass is 9.92. The van der Waals surface area contributed by atoms with E-state index in [1.54, 1.807) is 25.9 Å². The Morgan fingerprint density at radius 1 is 1.45 bits per heavy atom. The first-order valence-corrected chi connectivity index (χ1v) is 6.96. The van der Waals surface area contributed by atoms with E-state index in [9.17, 15) is 4.79 Å². The highest BCUT2D eigenvalue weighted by Gasteiger charge is 2.42. The van der Waals surface area contributed by atoms with Gasteiger partial charge >= 0.3 is 6.03 Å². The second kappa shape index (κ2) is 5.05. The zero-order valence-corrected chi connectivity index (χ0v) is 12.1. The average molecular weight is 280 g/mol. The first kappa shape index (κ1) is 13.4. The summed E-state index contributed by atoms with van der Waals surface area (Å²) in [6, 6.07) is 0.0455. The molecule has 2 aliphatic heterocycles. The molecule has 0 unspecified atom stereocenters. The van der Waals surface area contributed by atoms with Crippen molar-refractivity contribution < 1.29 is 14.1 Å². The maximum absolute atomic E-state index is 12.0. The summed E-state index contributed by atoms with van der Waals surface area (Å²) in [7, 11) is 3.54. The lowest BCUT2D eigenvalue weighted by Gasteiger charge is -2.35. The van der Waals surface area contributed by atoms with Crippen molar-refractivity contribution in [1.29, 1.82) is 0 Å². The summed E-state index contributed by atoms with van der Waals surface area (Å²) < 4.78 is 11.2. The molecule has 110 valence electrons. The molecule has 3 rings (SSSR count). The zero-order valence-electron chi connectivity index (χ0n) is 12.1. The molecule has 0 spiro atoms. The standard InChI is InChI=1S/C13H20N4O3/c1-8-14-12(20-15-8)10-6-9-4-5-17(7-11(9)19-10)13(18)16(2)3/h9-11H,4-7H2,1-3H3/t9-,10+,11+/m0/s1. The van der Waals surface area contributed by atoms with Crippen molar-refractivity contribution in [2.75, 3.05) is 27.2 Å². The molecule has 0 aliphatic carbocycles. The van der Waals surface area contributed by atoms with Crippen molar-refractivity contribution in [3.05, 3.63) is 11.7 Å². The fourth-order valence-corrected chi connectivity index (χ4v) is 2.99. The van der Waals surface area contributed by atoms with Crippen LogP contribution in [-0.2, 0) is 4.74 Å². The molecular formula is C13H20N4O3. The van der Waals surface area contributed by atoms with Gasteiger partial charge in [0.25, 0.3) is 5.89 Å². The Labute approximate surface area is 117 Å². The molecule has 0 N–H and O–H groups in total. The number of ether oxygens (including phenoxy) is 1. The Kier molecular flexibility index (Phi) is 3.37. The first-order chi connectivity index (χ1) is 9.54. The topological polar surface area (TPSA) is 71.7 Å². The van der Waals surface area contributed by atoms with Crippen molar-refractivity contribution in [3.63, 3.8) is 0 Å². The number of aryl methyl sites for hydroxylation is 1.